The van der Waals surface area contributed by atoms with Crippen molar-refractivity contribution in [2.75, 3.05) is 6.61 Å². The summed E-state index contributed by atoms with van der Waals surface area (Å²) in [6.07, 6.45) is 0. The molecule has 1 unspecified atom stereocenters. The number of benzene rings is 2. The van der Waals surface area contributed by atoms with Crippen LogP contribution in [0.15, 0.2) is 60.7 Å². The van der Waals surface area contributed by atoms with E-state index >= 15 is 0 Å². The molecule has 0 spiro atoms. The van der Waals surface area contributed by atoms with Gasteiger partial charge in [0.2, 0.25) is 5.91 Å². The number of nitrogens with one attached hydrogen (secondary N) is 2. The summed E-state index contributed by atoms with van der Waals surface area (Å²) in [5, 5.41) is 10.4. The third kappa shape index (κ3) is 5.87. The number of ether oxygens (including phenoxy) is 1. The second-order valence-electron chi connectivity index (χ2n) is 8.24. The van der Waals surface area contributed by atoms with E-state index in [4.69, 9.17) is 17.0 Å². The molecule has 0 radical (unpaired) electrons. The van der Waals surface area contributed by atoms with E-state index in [1.165, 1.54) is 0 Å². The SMILES string of the molecule is CC(C)(C)C(=O)NC(COCc1ccccc1)c1n[nH]c(=S)n1Cc1ccccc1. The summed E-state index contributed by atoms with van der Waals surface area (Å²) in [5.74, 6) is 0.575. The highest BCUT2D eigenvalue weighted by atomic mass is 32.1. The van der Waals surface area contributed by atoms with Crippen LogP contribution >= 0.6 is 12.2 Å². The average molecular weight is 425 g/mol. The molecule has 3 rings (SSSR count). The molecule has 7 heteroatoms. The van der Waals surface area contributed by atoms with Crippen LogP contribution in [0.3, 0.4) is 0 Å². The van der Waals surface area contributed by atoms with E-state index in [2.05, 4.69) is 15.5 Å². The molecule has 0 aliphatic rings. The standard InChI is InChI=1S/C23H28N4O2S/c1-23(2,3)21(28)24-19(16-29-15-18-12-8-5-9-13-18)20-25-26-22(30)27(20)14-17-10-6-4-7-11-17/h4-13,19H,14-16H2,1-3H3,(H,24,28)(H,26,30). The Hall–Kier alpha value is -2.77. The third-order valence-corrected chi connectivity index (χ3v) is 4.98. The minimum absolute atomic E-state index is 0.0732. The van der Waals surface area contributed by atoms with Gasteiger partial charge < -0.3 is 10.1 Å². The van der Waals surface area contributed by atoms with Crippen LogP contribution < -0.4 is 5.32 Å². The topological polar surface area (TPSA) is 71.9 Å². The Morgan fingerprint density at radius 1 is 1.10 bits per heavy atom. The molecular formula is C23H28N4O2S. The van der Waals surface area contributed by atoms with Crippen molar-refractivity contribution < 1.29 is 9.53 Å². The number of aromatic amines is 1. The average Bonchev–Trinajstić information content (AvgIpc) is 3.08. The fourth-order valence-corrected chi connectivity index (χ4v) is 3.14. The van der Waals surface area contributed by atoms with E-state index < -0.39 is 11.5 Å². The zero-order valence-corrected chi connectivity index (χ0v) is 18.4. The van der Waals surface area contributed by atoms with Gasteiger partial charge in [0, 0.05) is 5.41 Å². The van der Waals surface area contributed by atoms with Gasteiger partial charge in [-0.25, -0.2) is 0 Å². The lowest BCUT2D eigenvalue weighted by Crippen LogP contribution is -2.40. The number of H-pyrrole nitrogens is 1. The number of hydrogen-bond acceptors (Lipinski definition) is 4. The molecule has 3 aromatic rings. The first kappa shape index (κ1) is 21.9. The Morgan fingerprint density at radius 3 is 2.30 bits per heavy atom. The highest BCUT2D eigenvalue weighted by Gasteiger charge is 2.27. The Morgan fingerprint density at radius 2 is 1.70 bits per heavy atom. The number of amides is 1. The minimum atomic E-state index is -0.533. The Kier molecular flexibility index (Phi) is 7.18. The van der Waals surface area contributed by atoms with Gasteiger partial charge in [-0.1, -0.05) is 81.4 Å². The van der Waals surface area contributed by atoms with Gasteiger partial charge in [-0.15, -0.1) is 0 Å². The van der Waals surface area contributed by atoms with Crippen molar-refractivity contribution in [1.29, 1.82) is 0 Å². The van der Waals surface area contributed by atoms with Crippen molar-refractivity contribution in [1.82, 2.24) is 20.1 Å². The summed E-state index contributed by atoms with van der Waals surface area (Å²) < 4.78 is 8.36. The van der Waals surface area contributed by atoms with Crippen molar-refractivity contribution in [2.24, 2.45) is 5.41 Å². The highest BCUT2D eigenvalue weighted by Crippen LogP contribution is 2.19. The van der Waals surface area contributed by atoms with Crippen LogP contribution in [0.5, 0.6) is 0 Å². The van der Waals surface area contributed by atoms with Crippen LogP contribution in [0.2, 0.25) is 0 Å². The van der Waals surface area contributed by atoms with Gasteiger partial charge in [0.15, 0.2) is 10.6 Å². The van der Waals surface area contributed by atoms with Crippen LogP contribution in [0, 0.1) is 10.2 Å². The Labute approximate surface area is 182 Å². The molecule has 1 atom stereocenters. The molecule has 0 saturated heterocycles. The number of carbonyl (C=O) groups is 1. The first-order valence-electron chi connectivity index (χ1n) is 9.96. The van der Waals surface area contributed by atoms with Crippen LogP contribution in [-0.4, -0.2) is 27.3 Å². The lowest BCUT2D eigenvalue weighted by atomic mass is 9.95. The van der Waals surface area contributed by atoms with Crippen LogP contribution in [0.25, 0.3) is 0 Å². The molecule has 1 aromatic heterocycles. The first-order chi connectivity index (χ1) is 14.3. The first-order valence-corrected chi connectivity index (χ1v) is 10.4. The maximum atomic E-state index is 12.7. The summed E-state index contributed by atoms with van der Waals surface area (Å²) in [6.45, 7) is 6.94. The normalized spacial score (nSPS) is 12.5. The fraction of sp³-hybridized carbons (Fsp3) is 0.348. The summed E-state index contributed by atoms with van der Waals surface area (Å²) in [5.41, 5.74) is 1.64. The summed E-state index contributed by atoms with van der Waals surface area (Å²) in [6, 6.07) is 19.5. The van der Waals surface area contributed by atoms with E-state index in [1.54, 1.807) is 0 Å². The van der Waals surface area contributed by atoms with Gasteiger partial charge in [0.1, 0.15) is 6.04 Å². The Bertz CT molecular complexity index is 1010. The molecule has 0 fully saturated rings. The molecule has 2 N–H and O–H groups in total. The number of rotatable bonds is 8. The monoisotopic (exact) mass is 424 g/mol. The number of carbonyl (C=O) groups excluding carboxylic acids is 1. The minimum Gasteiger partial charge on any atom is -0.374 e. The van der Waals surface area contributed by atoms with Crippen LogP contribution in [-0.2, 0) is 22.7 Å². The number of aromatic nitrogens is 3. The molecule has 0 aliphatic carbocycles. The van der Waals surface area contributed by atoms with Gasteiger partial charge in [-0.05, 0) is 23.3 Å². The molecule has 158 valence electrons. The predicted molar refractivity (Wildman–Crippen MR) is 119 cm³/mol. The van der Waals surface area contributed by atoms with Crippen molar-refractivity contribution in [2.45, 2.75) is 40.0 Å². The molecule has 2 aromatic carbocycles. The summed E-state index contributed by atoms with van der Waals surface area (Å²) in [4.78, 5) is 12.7. The third-order valence-electron chi connectivity index (χ3n) is 4.67. The van der Waals surface area contributed by atoms with Gasteiger partial charge in [-0.3, -0.25) is 14.5 Å². The molecule has 1 amide bonds. The number of nitrogens with zero attached hydrogens (tertiary/aromatic N) is 2. The van der Waals surface area contributed by atoms with Gasteiger partial charge in [-0.2, -0.15) is 5.10 Å². The van der Waals surface area contributed by atoms with E-state index in [-0.39, 0.29) is 12.5 Å². The quantitative estimate of drug-likeness (QED) is 0.526. The Balaban J connectivity index is 1.82. The smallest absolute Gasteiger partial charge is 0.226 e. The molecular weight excluding hydrogens is 396 g/mol. The van der Waals surface area contributed by atoms with Crippen LogP contribution in [0.1, 0.15) is 43.8 Å². The van der Waals surface area contributed by atoms with E-state index in [9.17, 15) is 4.79 Å². The predicted octanol–water partition coefficient (Wildman–Crippen LogP) is 4.41. The van der Waals surface area contributed by atoms with Gasteiger partial charge in [0.25, 0.3) is 0 Å². The van der Waals surface area contributed by atoms with E-state index in [0.717, 1.165) is 11.1 Å². The summed E-state index contributed by atoms with van der Waals surface area (Å²) in [7, 11) is 0. The van der Waals surface area contributed by atoms with Crippen LogP contribution in [0.4, 0.5) is 0 Å². The lowest BCUT2D eigenvalue weighted by Gasteiger charge is -2.24. The lowest BCUT2D eigenvalue weighted by molar-refractivity contribution is -0.130. The largest absolute Gasteiger partial charge is 0.374 e. The fourth-order valence-electron chi connectivity index (χ4n) is 2.94. The molecule has 0 bridgehead atoms. The molecule has 6 nitrogen and oxygen atoms in total. The highest BCUT2D eigenvalue weighted by molar-refractivity contribution is 7.71. The zero-order valence-electron chi connectivity index (χ0n) is 17.6. The molecule has 30 heavy (non-hydrogen) atoms. The van der Waals surface area contributed by atoms with E-state index in [0.29, 0.717) is 23.7 Å². The second-order valence-corrected chi connectivity index (χ2v) is 8.62. The molecule has 0 saturated carbocycles. The zero-order chi connectivity index (χ0) is 21.6. The number of hydrogen-bond donors (Lipinski definition) is 2. The van der Waals surface area contributed by atoms with Crippen molar-refractivity contribution in [3.63, 3.8) is 0 Å². The molecule has 1 heterocycles. The second kappa shape index (κ2) is 9.82. The maximum absolute atomic E-state index is 12.7. The van der Waals surface area contributed by atoms with Crippen molar-refractivity contribution >= 4 is 18.1 Å². The summed E-state index contributed by atoms with van der Waals surface area (Å²) >= 11 is 5.46. The van der Waals surface area contributed by atoms with Gasteiger partial charge in [0.05, 0.1) is 19.8 Å². The van der Waals surface area contributed by atoms with Crippen molar-refractivity contribution in [3.05, 3.63) is 82.4 Å². The van der Waals surface area contributed by atoms with E-state index in [1.807, 2.05) is 86.0 Å². The maximum Gasteiger partial charge on any atom is 0.226 e. The van der Waals surface area contributed by atoms with Crippen molar-refractivity contribution in [3.8, 4) is 0 Å². The molecule has 0 aliphatic heterocycles. The van der Waals surface area contributed by atoms with Gasteiger partial charge >= 0.3 is 0 Å².